The Morgan fingerprint density at radius 2 is 2.28 bits per heavy atom. The van der Waals surface area contributed by atoms with Crippen LogP contribution >= 0.6 is 0 Å². The molecule has 0 radical (unpaired) electrons. The zero-order valence-corrected chi connectivity index (χ0v) is 14.5. The maximum atomic E-state index is 13.0. The minimum absolute atomic E-state index is 0.127. The van der Waals surface area contributed by atoms with E-state index in [0.29, 0.717) is 36.9 Å². The van der Waals surface area contributed by atoms with E-state index >= 15 is 0 Å². The number of aromatic nitrogens is 5. The lowest BCUT2D eigenvalue weighted by Gasteiger charge is -2.25. The molecule has 0 aliphatic carbocycles. The number of imidazole rings is 1. The Morgan fingerprint density at radius 1 is 1.44 bits per heavy atom. The number of fused-ring (bicyclic) bond motifs is 1. The molecule has 1 aliphatic heterocycles. The molecule has 1 aliphatic rings. The molecule has 1 N–H and O–H groups in total. The lowest BCUT2D eigenvalue weighted by Crippen LogP contribution is -2.36. The Balaban J connectivity index is 1.66. The van der Waals surface area contributed by atoms with Crippen LogP contribution in [0.3, 0.4) is 0 Å². The summed E-state index contributed by atoms with van der Waals surface area (Å²) in [7, 11) is 1.87. The molecule has 8 heteroatoms. The van der Waals surface area contributed by atoms with Crippen LogP contribution in [0.2, 0.25) is 0 Å². The van der Waals surface area contributed by atoms with Crippen LogP contribution in [0.15, 0.2) is 16.9 Å². The molecule has 4 rings (SSSR count). The minimum atomic E-state index is -0.127. The van der Waals surface area contributed by atoms with Crippen LogP contribution in [-0.2, 0) is 26.4 Å². The van der Waals surface area contributed by atoms with Crippen LogP contribution in [-0.4, -0.2) is 42.1 Å². The van der Waals surface area contributed by atoms with Gasteiger partial charge < -0.3 is 14.3 Å². The standard InChI is InChI=1S/C17H20N6O2/c1-4-12-15(25-16(21-12)11-7-20-22(3)10(11)2)17(24)23-6-5-13-14(8-23)19-9-18-13/h7,9H,4-6,8H2,1-3H3,(H,18,19). The fourth-order valence-corrected chi connectivity index (χ4v) is 3.11. The van der Waals surface area contributed by atoms with E-state index in [2.05, 4.69) is 20.1 Å². The molecular formula is C17H20N6O2. The molecule has 3 aromatic heterocycles. The summed E-state index contributed by atoms with van der Waals surface area (Å²) in [4.78, 5) is 26.7. The molecule has 0 atom stereocenters. The average Bonchev–Trinajstić information content (AvgIpc) is 3.33. The van der Waals surface area contributed by atoms with E-state index in [1.165, 1.54) is 0 Å². The highest BCUT2D eigenvalue weighted by atomic mass is 16.4. The first-order valence-electron chi connectivity index (χ1n) is 8.37. The van der Waals surface area contributed by atoms with E-state index in [4.69, 9.17) is 4.42 Å². The third-order valence-corrected chi connectivity index (χ3v) is 4.75. The fraction of sp³-hybridized carbons (Fsp3) is 0.412. The van der Waals surface area contributed by atoms with Gasteiger partial charge in [-0.25, -0.2) is 9.97 Å². The Kier molecular flexibility index (Phi) is 3.67. The van der Waals surface area contributed by atoms with Gasteiger partial charge in [0.05, 0.1) is 41.7 Å². The van der Waals surface area contributed by atoms with Crippen LogP contribution in [0.25, 0.3) is 11.5 Å². The summed E-state index contributed by atoms with van der Waals surface area (Å²) in [6, 6.07) is 0. The van der Waals surface area contributed by atoms with E-state index in [9.17, 15) is 4.79 Å². The van der Waals surface area contributed by atoms with Gasteiger partial charge in [-0.1, -0.05) is 6.92 Å². The molecule has 0 unspecified atom stereocenters. The van der Waals surface area contributed by atoms with Gasteiger partial charge in [0.15, 0.2) is 0 Å². The number of aryl methyl sites for hydroxylation is 2. The van der Waals surface area contributed by atoms with Crippen molar-refractivity contribution >= 4 is 5.91 Å². The second kappa shape index (κ2) is 5.87. The third-order valence-electron chi connectivity index (χ3n) is 4.75. The van der Waals surface area contributed by atoms with E-state index in [-0.39, 0.29) is 5.91 Å². The van der Waals surface area contributed by atoms with Crippen molar-refractivity contribution in [2.24, 2.45) is 7.05 Å². The molecule has 130 valence electrons. The van der Waals surface area contributed by atoms with Crippen molar-refractivity contribution in [3.63, 3.8) is 0 Å². The van der Waals surface area contributed by atoms with Crippen LogP contribution in [0.4, 0.5) is 0 Å². The molecule has 0 spiro atoms. The maximum Gasteiger partial charge on any atom is 0.291 e. The highest BCUT2D eigenvalue weighted by Crippen LogP contribution is 2.27. The minimum Gasteiger partial charge on any atom is -0.430 e. The van der Waals surface area contributed by atoms with Gasteiger partial charge in [-0.05, 0) is 13.3 Å². The van der Waals surface area contributed by atoms with Gasteiger partial charge in [0.1, 0.15) is 0 Å². The summed E-state index contributed by atoms with van der Waals surface area (Å²) in [6.45, 7) is 5.06. The van der Waals surface area contributed by atoms with Crippen LogP contribution in [0.5, 0.6) is 0 Å². The molecule has 3 aromatic rings. The zero-order chi connectivity index (χ0) is 17.6. The van der Waals surface area contributed by atoms with Crippen molar-refractivity contribution in [3.8, 4) is 11.5 Å². The molecule has 0 fully saturated rings. The van der Waals surface area contributed by atoms with Crippen LogP contribution in [0, 0.1) is 6.92 Å². The third kappa shape index (κ3) is 2.54. The Hall–Kier alpha value is -2.90. The number of hydrogen-bond acceptors (Lipinski definition) is 5. The lowest BCUT2D eigenvalue weighted by molar-refractivity contribution is 0.0699. The van der Waals surface area contributed by atoms with Gasteiger partial charge in [0, 0.05) is 25.7 Å². The number of amides is 1. The first-order chi connectivity index (χ1) is 12.1. The number of rotatable bonds is 3. The Morgan fingerprint density at radius 3 is 3.00 bits per heavy atom. The lowest BCUT2D eigenvalue weighted by atomic mass is 10.1. The number of carbonyl (C=O) groups is 1. The highest BCUT2D eigenvalue weighted by Gasteiger charge is 2.29. The normalized spacial score (nSPS) is 14.0. The summed E-state index contributed by atoms with van der Waals surface area (Å²) in [5, 5.41) is 4.22. The largest absolute Gasteiger partial charge is 0.430 e. The predicted molar refractivity (Wildman–Crippen MR) is 89.9 cm³/mol. The molecule has 1 amide bonds. The van der Waals surface area contributed by atoms with Crippen LogP contribution < -0.4 is 0 Å². The van der Waals surface area contributed by atoms with Crippen molar-refractivity contribution in [2.75, 3.05) is 6.54 Å². The molecule has 25 heavy (non-hydrogen) atoms. The Labute approximate surface area is 144 Å². The second-order valence-electron chi connectivity index (χ2n) is 6.22. The van der Waals surface area contributed by atoms with Crippen molar-refractivity contribution in [1.82, 2.24) is 29.6 Å². The first kappa shape index (κ1) is 15.6. The second-order valence-corrected chi connectivity index (χ2v) is 6.22. The zero-order valence-electron chi connectivity index (χ0n) is 14.5. The molecule has 8 nitrogen and oxygen atoms in total. The monoisotopic (exact) mass is 340 g/mol. The SMILES string of the molecule is CCc1nc(-c2cnn(C)c2C)oc1C(=O)N1CCc2nc[nH]c2C1. The smallest absolute Gasteiger partial charge is 0.291 e. The van der Waals surface area contributed by atoms with Crippen molar-refractivity contribution in [3.05, 3.63) is 41.1 Å². The summed E-state index contributed by atoms with van der Waals surface area (Å²) < 4.78 is 7.65. The van der Waals surface area contributed by atoms with Gasteiger partial charge in [-0.15, -0.1) is 0 Å². The van der Waals surface area contributed by atoms with Gasteiger partial charge in [-0.3, -0.25) is 9.48 Å². The van der Waals surface area contributed by atoms with Crippen LogP contribution in [0.1, 0.15) is 40.3 Å². The first-order valence-corrected chi connectivity index (χ1v) is 8.37. The molecule has 0 saturated heterocycles. The summed E-state index contributed by atoms with van der Waals surface area (Å²) >= 11 is 0. The number of H-pyrrole nitrogens is 1. The highest BCUT2D eigenvalue weighted by molar-refractivity contribution is 5.93. The molecular weight excluding hydrogens is 320 g/mol. The number of carbonyl (C=O) groups excluding carboxylic acids is 1. The molecule has 0 aromatic carbocycles. The molecule has 0 bridgehead atoms. The molecule has 0 saturated carbocycles. The number of nitrogens with one attached hydrogen (secondary N) is 1. The summed E-state index contributed by atoms with van der Waals surface area (Å²) in [5.41, 5.74) is 4.46. The van der Waals surface area contributed by atoms with E-state index in [1.807, 2.05) is 20.9 Å². The van der Waals surface area contributed by atoms with Gasteiger partial charge in [-0.2, -0.15) is 5.10 Å². The molecule has 4 heterocycles. The van der Waals surface area contributed by atoms with Gasteiger partial charge in [0.2, 0.25) is 11.7 Å². The quantitative estimate of drug-likeness (QED) is 0.786. The number of aromatic amines is 1. The summed E-state index contributed by atoms with van der Waals surface area (Å²) in [6.07, 6.45) is 4.77. The topological polar surface area (TPSA) is 92.8 Å². The van der Waals surface area contributed by atoms with Gasteiger partial charge >= 0.3 is 0 Å². The van der Waals surface area contributed by atoms with E-state index in [0.717, 1.165) is 29.1 Å². The average molecular weight is 340 g/mol. The predicted octanol–water partition coefficient (Wildman–Crippen LogP) is 1.87. The summed E-state index contributed by atoms with van der Waals surface area (Å²) in [5.74, 6) is 0.645. The van der Waals surface area contributed by atoms with Gasteiger partial charge in [0.25, 0.3) is 5.91 Å². The van der Waals surface area contributed by atoms with E-state index in [1.54, 1.807) is 22.1 Å². The maximum absolute atomic E-state index is 13.0. The van der Waals surface area contributed by atoms with E-state index < -0.39 is 0 Å². The number of hydrogen-bond donors (Lipinski definition) is 1. The fourth-order valence-electron chi connectivity index (χ4n) is 3.11. The Bertz CT molecular complexity index is 935. The van der Waals surface area contributed by atoms with Crippen molar-refractivity contribution < 1.29 is 9.21 Å². The number of oxazole rings is 1. The van der Waals surface area contributed by atoms with Crippen molar-refractivity contribution in [1.29, 1.82) is 0 Å². The van der Waals surface area contributed by atoms with Crippen molar-refractivity contribution in [2.45, 2.75) is 33.2 Å². The number of nitrogens with zero attached hydrogens (tertiary/aromatic N) is 5.